The molecule has 1 aliphatic rings. The van der Waals surface area contributed by atoms with Crippen LogP contribution in [0.4, 0.5) is 16.5 Å². The molecule has 124 valence electrons. The van der Waals surface area contributed by atoms with E-state index in [-0.39, 0.29) is 10.6 Å². The highest BCUT2D eigenvalue weighted by atomic mass is 32.1. The van der Waals surface area contributed by atoms with E-state index in [1.165, 1.54) is 0 Å². The third kappa shape index (κ3) is 2.56. The molecule has 1 saturated heterocycles. The Balaban J connectivity index is 1.50. The van der Waals surface area contributed by atoms with Gasteiger partial charge in [-0.1, -0.05) is 23.5 Å². The van der Waals surface area contributed by atoms with Gasteiger partial charge in [0.05, 0.1) is 16.8 Å². The molecule has 3 heterocycles. The molecule has 1 aliphatic heterocycles. The molecule has 0 bridgehead atoms. The number of rotatable bonds is 3. The summed E-state index contributed by atoms with van der Waals surface area (Å²) in [6.07, 6.45) is 1.92. The smallest absolute Gasteiger partial charge is 0.292 e. The van der Waals surface area contributed by atoms with Crippen molar-refractivity contribution < 1.29 is 4.92 Å². The van der Waals surface area contributed by atoms with Gasteiger partial charge in [-0.2, -0.15) is 0 Å². The zero-order valence-electron chi connectivity index (χ0n) is 13.1. The Kier molecular flexibility index (Phi) is 3.57. The molecule has 0 amide bonds. The number of nitro benzene ring substituents is 1. The van der Waals surface area contributed by atoms with Gasteiger partial charge in [0, 0.05) is 32.2 Å². The van der Waals surface area contributed by atoms with Crippen LogP contribution in [0, 0.1) is 17.0 Å². The van der Waals surface area contributed by atoms with E-state index in [4.69, 9.17) is 0 Å². The first kappa shape index (κ1) is 14.9. The summed E-state index contributed by atoms with van der Waals surface area (Å²) >= 11 is 1.57. The average Bonchev–Trinajstić information content (AvgIpc) is 3.12. The molecule has 0 radical (unpaired) electrons. The monoisotopic (exact) mass is 344 g/mol. The summed E-state index contributed by atoms with van der Waals surface area (Å²) in [4.78, 5) is 20.5. The van der Waals surface area contributed by atoms with E-state index in [9.17, 15) is 10.1 Å². The van der Waals surface area contributed by atoms with Crippen LogP contribution in [0.1, 0.15) is 5.69 Å². The van der Waals surface area contributed by atoms with Gasteiger partial charge in [-0.15, -0.1) is 5.10 Å². The molecule has 0 unspecified atom stereocenters. The number of nitrogens with zero attached hydrogens (tertiary/aromatic N) is 6. The standard InChI is InChI=1S/C15H16N6O2S/c1-11-10-20-14(16-11)24-15(17-20)19-8-6-18(7-9-19)12-4-2-3-5-13(12)21(22)23/h2-5,10H,6-9H2,1H3. The maximum atomic E-state index is 11.2. The Morgan fingerprint density at radius 1 is 1.17 bits per heavy atom. The Morgan fingerprint density at radius 3 is 2.58 bits per heavy atom. The van der Waals surface area contributed by atoms with Crippen LogP contribution >= 0.6 is 11.3 Å². The Bertz CT molecular complexity index is 865. The van der Waals surface area contributed by atoms with Crippen molar-refractivity contribution in [3.63, 3.8) is 0 Å². The Morgan fingerprint density at radius 2 is 1.88 bits per heavy atom. The fourth-order valence-corrected chi connectivity index (χ4v) is 3.93. The molecule has 9 heteroatoms. The van der Waals surface area contributed by atoms with Crippen molar-refractivity contribution in [1.82, 2.24) is 14.6 Å². The van der Waals surface area contributed by atoms with Gasteiger partial charge in [-0.3, -0.25) is 10.1 Å². The molecule has 1 fully saturated rings. The third-order valence-corrected chi connectivity index (χ3v) is 5.11. The lowest BCUT2D eigenvalue weighted by molar-refractivity contribution is -0.384. The summed E-state index contributed by atoms with van der Waals surface area (Å²) in [7, 11) is 0. The fraction of sp³-hybridized carbons (Fsp3) is 0.333. The Hall–Kier alpha value is -2.68. The van der Waals surface area contributed by atoms with Gasteiger partial charge in [-0.05, 0) is 13.0 Å². The SMILES string of the molecule is Cc1cn2nc(N3CCN(c4ccccc4[N+](=O)[O-])CC3)sc2n1. The summed E-state index contributed by atoms with van der Waals surface area (Å²) in [6, 6.07) is 6.91. The molecule has 4 rings (SSSR count). The highest BCUT2D eigenvalue weighted by Crippen LogP contribution is 2.30. The predicted octanol–water partition coefficient (Wildman–Crippen LogP) is 2.33. The molecular formula is C15H16N6O2S. The van der Waals surface area contributed by atoms with E-state index < -0.39 is 0 Å². The number of benzene rings is 1. The molecule has 0 spiro atoms. The lowest BCUT2D eigenvalue weighted by Crippen LogP contribution is -2.46. The summed E-state index contributed by atoms with van der Waals surface area (Å²) in [5.41, 5.74) is 1.81. The minimum Gasteiger partial charge on any atom is -0.362 e. The number of nitro groups is 1. The number of aromatic nitrogens is 3. The second-order valence-corrected chi connectivity index (χ2v) is 6.65. The first-order valence-corrected chi connectivity index (χ1v) is 8.49. The van der Waals surface area contributed by atoms with Crippen molar-refractivity contribution in [2.75, 3.05) is 36.0 Å². The minimum absolute atomic E-state index is 0.161. The average molecular weight is 344 g/mol. The van der Waals surface area contributed by atoms with Crippen LogP contribution in [0.15, 0.2) is 30.5 Å². The van der Waals surface area contributed by atoms with Gasteiger partial charge in [0.2, 0.25) is 10.1 Å². The molecule has 0 N–H and O–H groups in total. The van der Waals surface area contributed by atoms with Gasteiger partial charge < -0.3 is 9.80 Å². The molecule has 1 aromatic carbocycles. The fourth-order valence-electron chi connectivity index (χ4n) is 2.95. The van der Waals surface area contributed by atoms with Gasteiger partial charge in [0.15, 0.2) is 0 Å². The molecule has 0 aliphatic carbocycles. The predicted molar refractivity (Wildman–Crippen MR) is 93.1 cm³/mol. The second-order valence-electron chi connectivity index (χ2n) is 5.71. The highest BCUT2D eigenvalue weighted by molar-refractivity contribution is 7.20. The number of hydrogen-bond acceptors (Lipinski definition) is 7. The zero-order valence-corrected chi connectivity index (χ0v) is 13.9. The van der Waals surface area contributed by atoms with Crippen molar-refractivity contribution in [2.24, 2.45) is 0 Å². The molecule has 0 atom stereocenters. The molecule has 8 nitrogen and oxygen atoms in total. The molecule has 24 heavy (non-hydrogen) atoms. The van der Waals surface area contributed by atoms with Crippen LogP contribution in [0.2, 0.25) is 0 Å². The number of imidazole rings is 1. The summed E-state index contributed by atoms with van der Waals surface area (Å²) < 4.78 is 1.81. The first-order chi connectivity index (χ1) is 11.6. The van der Waals surface area contributed by atoms with Crippen LogP contribution in [0.5, 0.6) is 0 Å². The van der Waals surface area contributed by atoms with Gasteiger partial charge >= 0.3 is 0 Å². The topological polar surface area (TPSA) is 79.8 Å². The van der Waals surface area contributed by atoms with Crippen LogP contribution in [0.25, 0.3) is 4.96 Å². The van der Waals surface area contributed by atoms with Crippen LogP contribution in [-0.2, 0) is 0 Å². The molecular weight excluding hydrogens is 328 g/mol. The number of hydrogen-bond donors (Lipinski definition) is 0. The number of piperazine rings is 1. The van der Waals surface area contributed by atoms with Crippen molar-refractivity contribution in [2.45, 2.75) is 6.92 Å². The minimum atomic E-state index is -0.320. The van der Waals surface area contributed by atoms with E-state index in [2.05, 4.69) is 19.9 Å². The number of aryl methyl sites for hydroxylation is 1. The van der Waals surface area contributed by atoms with Crippen molar-refractivity contribution >= 4 is 32.8 Å². The van der Waals surface area contributed by atoms with Gasteiger partial charge in [0.25, 0.3) is 5.69 Å². The van der Waals surface area contributed by atoms with E-state index in [0.29, 0.717) is 5.69 Å². The summed E-state index contributed by atoms with van der Waals surface area (Å²) in [6.45, 7) is 4.97. The van der Waals surface area contributed by atoms with Crippen molar-refractivity contribution in [3.8, 4) is 0 Å². The van der Waals surface area contributed by atoms with Crippen molar-refractivity contribution in [1.29, 1.82) is 0 Å². The maximum Gasteiger partial charge on any atom is 0.292 e. The van der Waals surface area contributed by atoms with Crippen LogP contribution < -0.4 is 9.80 Å². The van der Waals surface area contributed by atoms with Gasteiger partial charge in [-0.25, -0.2) is 9.50 Å². The lowest BCUT2D eigenvalue weighted by Gasteiger charge is -2.35. The molecule has 2 aromatic heterocycles. The quantitative estimate of drug-likeness (QED) is 0.536. The highest BCUT2D eigenvalue weighted by Gasteiger charge is 2.24. The first-order valence-electron chi connectivity index (χ1n) is 7.68. The molecule has 0 saturated carbocycles. The Labute approximate surface area is 142 Å². The van der Waals surface area contributed by atoms with E-state index in [0.717, 1.165) is 42.0 Å². The molecule has 3 aromatic rings. The number of anilines is 2. The number of para-hydroxylation sites is 2. The van der Waals surface area contributed by atoms with Crippen molar-refractivity contribution in [3.05, 3.63) is 46.3 Å². The summed E-state index contributed by atoms with van der Waals surface area (Å²) in [5, 5.41) is 16.7. The maximum absolute atomic E-state index is 11.2. The van der Waals surface area contributed by atoms with E-state index in [1.54, 1.807) is 23.5 Å². The van der Waals surface area contributed by atoms with Crippen LogP contribution in [0.3, 0.4) is 0 Å². The summed E-state index contributed by atoms with van der Waals surface area (Å²) in [5.74, 6) is 0. The normalized spacial score (nSPS) is 15.2. The van der Waals surface area contributed by atoms with Crippen LogP contribution in [-0.4, -0.2) is 45.7 Å². The largest absolute Gasteiger partial charge is 0.362 e. The van der Waals surface area contributed by atoms with Gasteiger partial charge in [0.1, 0.15) is 5.69 Å². The lowest BCUT2D eigenvalue weighted by atomic mass is 10.2. The second kappa shape index (κ2) is 5.75. The van der Waals surface area contributed by atoms with E-state index >= 15 is 0 Å². The zero-order chi connectivity index (χ0) is 16.7. The third-order valence-electron chi connectivity index (χ3n) is 4.12. The number of fused-ring (bicyclic) bond motifs is 1. The van der Waals surface area contributed by atoms with E-state index in [1.807, 2.05) is 29.8 Å².